The molecule has 0 radical (unpaired) electrons. The summed E-state index contributed by atoms with van der Waals surface area (Å²) in [4.78, 5) is 11.7. The number of aryl methyl sites for hydroxylation is 1. The van der Waals surface area contributed by atoms with Gasteiger partial charge in [-0.3, -0.25) is 4.72 Å². The normalized spacial score (nSPS) is 11.1. The van der Waals surface area contributed by atoms with E-state index in [0.29, 0.717) is 0 Å². The Labute approximate surface area is 121 Å². The summed E-state index contributed by atoms with van der Waals surface area (Å²) < 4.78 is 31.6. The largest absolute Gasteiger partial charge is 0.465 e. The van der Waals surface area contributed by atoms with Gasteiger partial charge in [-0.1, -0.05) is 17.7 Å². The number of benzene rings is 1. The summed E-state index contributed by atoms with van der Waals surface area (Å²) >= 11 is 1.11. The van der Waals surface area contributed by atoms with E-state index in [1.165, 1.54) is 13.2 Å². The van der Waals surface area contributed by atoms with Gasteiger partial charge in [-0.25, -0.2) is 13.2 Å². The van der Waals surface area contributed by atoms with Crippen molar-refractivity contribution in [1.29, 1.82) is 0 Å². The van der Waals surface area contributed by atoms with Crippen LogP contribution < -0.4 is 4.72 Å². The predicted octanol–water partition coefficient (Wildman–Crippen LogP) is 2.64. The summed E-state index contributed by atoms with van der Waals surface area (Å²) in [6.45, 7) is 1.81. The topological polar surface area (TPSA) is 72.5 Å². The molecular weight excluding hydrogens is 298 g/mol. The van der Waals surface area contributed by atoms with E-state index >= 15 is 0 Å². The molecular formula is C13H13NO4S2. The van der Waals surface area contributed by atoms with E-state index in [4.69, 9.17) is 0 Å². The van der Waals surface area contributed by atoms with Gasteiger partial charge in [0.05, 0.1) is 18.4 Å². The van der Waals surface area contributed by atoms with Crippen LogP contribution in [0.4, 0.5) is 5.69 Å². The van der Waals surface area contributed by atoms with Crippen LogP contribution in [0.15, 0.2) is 39.9 Å². The van der Waals surface area contributed by atoms with Gasteiger partial charge in [0.25, 0.3) is 10.0 Å². The average molecular weight is 311 g/mol. The van der Waals surface area contributed by atoms with Crippen LogP contribution in [-0.4, -0.2) is 21.5 Å². The van der Waals surface area contributed by atoms with Crippen LogP contribution in [-0.2, 0) is 14.8 Å². The molecule has 0 aliphatic rings. The van der Waals surface area contributed by atoms with E-state index in [1.807, 2.05) is 6.92 Å². The monoisotopic (exact) mass is 311 g/mol. The summed E-state index contributed by atoms with van der Waals surface area (Å²) in [5, 5.41) is 1.67. The molecule has 7 heteroatoms. The lowest BCUT2D eigenvalue weighted by Crippen LogP contribution is -2.15. The van der Waals surface area contributed by atoms with Crippen LogP contribution in [0.25, 0.3) is 0 Å². The molecule has 2 aromatic rings. The van der Waals surface area contributed by atoms with Crippen molar-refractivity contribution >= 4 is 33.0 Å². The Morgan fingerprint density at radius 3 is 2.65 bits per heavy atom. The molecule has 0 aliphatic heterocycles. The molecule has 20 heavy (non-hydrogen) atoms. The highest BCUT2D eigenvalue weighted by molar-refractivity contribution is 7.94. The predicted molar refractivity (Wildman–Crippen MR) is 77.6 cm³/mol. The molecule has 2 rings (SSSR count). The van der Waals surface area contributed by atoms with Gasteiger partial charge >= 0.3 is 5.97 Å². The minimum absolute atomic E-state index is 0.188. The molecule has 5 nitrogen and oxygen atoms in total. The van der Waals surface area contributed by atoms with Crippen molar-refractivity contribution in [3.05, 3.63) is 46.8 Å². The maximum atomic E-state index is 12.2. The van der Waals surface area contributed by atoms with Gasteiger partial charge in [-0.2, -0.15) is 0 Å². The van der Waals surface area contributed by atoms with Crippen LogP contribution in [0.3, 0.4) is 0 Å². The van der Waals surface area contributed by atoms with E-state index in [-0.39, 0.29) is 15.5 Å². The van der Waals surface area contributed by atoms with Crippen LogP contribution in [0.5, 0.6) is 0 Å². The number of sulfonamides is 1. The molecule has 0 atom stereocenters. The first kappa shape index (κ1) is 14.5. The first-order chi connectivity index (χ1) is 9.44. The van der Waals surface area contributed by atoms with Crippen LogP contribution in [0.2, 0.25) is 0 Å². The lowest BCUT2D eigenvalue weighted by Gasteiger charge is -2.11. The van der Waals surface area contributed by atoms with Crippen LogP contribution in [0.1, 0.15) is 15.9 Å². The third-order valence-corrected chi connectivity index (χ3v) is 5.35. The molecule has 1 N–H and O–H groups in total. The van der Waals surface area contributed by atoms with Crippen molar-refractivity contribution in [3.63, 3.8) is 0 Å². The number of hydrogen-bond donors (Lipinski definition) is 1. The summed E-state index contributed by atoms with van der Waals surface area (Å²) in [5.41, 5.74) is 1.23. The highest BCUT2D eigenvalue weighted by Gasteiger charge is 2.19. The van der Waals surface area contributed by atoms with Crippen molar-refractivity contribution in [1.82, 2.24) is 0 Å². The van der Waals surface area contributed by atoms with Crippen molar-refractivity contribution in [2.45, 2.75) is 11.1 Å². The SMILES string of the molecule is COC(=O)c1cc(C)ccc1NS(=O)(=O)c1cccs1. The number of nitrogens with one attached hydrogen (secondary N) is 1. The standard InChI is InChI=1S/C13H13NO4S2/c1-9-5-6-11(10(8-9)13(15)18-2)14-20(16,17)12-4-3-7-19-12/h3-8,14H,1-2H3. The summed E-state index contributed by atoms with van der Waals surface area (Å²) in [6, 6.07) is 8.00. The molecule has 1 aromatic carbocycles. The number of rotatable bonds is 4. The van der Waals surface area contributed by atoms with E-state index in [0.717, 1.165) is 16.9 Å². The molecule has 0 unspecified atom stereocenters. The third-order valence-electron chi connectivity index (χ3n) is 2.58. The summed E-state index contributed by atoms with van der Waals surface area (Å²) in [6.07, 6.45) is 0. The molecule has 0 spiro atoms. The Balaban J connectivity index is 2.42. The minimum atomic E-state index is -3.69. The van der Waals surface area contributed by atoms with E-state index in [1.54, 1.807) is 29.6 Å². The smallest absolute Gasteiger partial charge is 0.340 e. The molecule has 1 aromatic heterocycles. The zero-order valence-electron chi connectivity index (χ0n) is 10.9. The van der Waals surface area contributed by atoms with Gasteiger partial charge in [0.15, 0.2) is 0 Å². The third kappa shape index (κ3) is 3.00. The molecule has 1 heterocycles. The quantitative estimate of drug-likeness (QED) is 0.881. The van der Waals surface area contributed by atoms with Crippen molar-refractivity contribution in [2.75, 3.05) is 11.8 Å². The molecule has 0 aliphatic carbocycles. The highest BCUT2D eigenvalue weighted by atomic mass is 32.2. The molecule has 106 valence electrons. The van der Waals surface area contributed by atoms with Gasteiger partial charge < -0.3 is 4.74 Å². The fourth-order valence-electron chi connectivity index (χ4n) is 1.64. The van der Waals surface area contributed by atoms with Crippen LogP contribution in [0, 0.1) is 6.92 Å². The van der Waals surface area contributed by atoms with Gasteiger partial charge in [0, 0.05) is 0 Å². The van der Waals surface area contributed by atoms with Crippen LogP contribution >= 0.6 is 11.3 Å². The van der Waals surface area contributed by atoms with Gasteiger partial charge in [-0.05, 0) is 30.5 Å². The Kier molecular flexibility index (Phi) is 4.10. The summed E-state index contributed by atoms with van der Waals surface area (Å²) in [5.74, 6) is -0.586. The Morgan fingerprint density at radius 2 is 2.05 bits per heavy atom. The first-order valence-electron chi connectivity index (χ1n) is 5.69. The van der Waals surface area contributed by atoms with E-state index < -0.39 is 16.0 Å². The molecule has 0 saturated heterocycles. The molecule has 0 saturated carbocycles. The summed E-state index contributed by atoms with van der Waals surface area (Å²) in [7, 11) is -2.43. The van der Waals surface area contributed by atoms with E-state index in [9.17, 15) is 13.2 Å². The number of esters is 1. The number of ether oxygens (including phenoxy) is 1. The van der Waals surface area contributed by atoms with Gasteiger partial charge in [-0.15, -0.1) is 11.3 Å². The average Bonchev–Trinajstić information content (AvgIpc) is 2.94. The second-order valence-corrected chi connectivity index (χ2v) is 6.94. The number of methoxy groups -OCH3 is 1. The highest BCUT2D eigenvalue weighted by Crippen LogP contribution is 2.24. The molecule has 0 amide bonds. The Hall–Kier alpha value is -1.86. The van der Waals surface area contributed by atoms with Crippen molar-refractivity contribution in [2.24, 2.45) is 0 Å². The Morgan fingerprint density at radius 1 is 1.30 bits per heavy atom. The minimum Gasteiger partial charge on any atom is -0.465 e. The maximum Gasteiger partial charge on any atom is 0.340 e. The zero-order chi connectivity index (χ0) is 14.8. The second kappa shape index (κ2) is 5.64. The van der Waals surface area contributed by atoms with Gasteiger partial charge in [0.1, 0.15) is 4.21 Å². The van der Waals surface area contributed by atoms with Crippen molar-refractivity contribution < 1.29 is 17.9 Å². The van der Waals surface area contributed by atoms with Gasteiger partial charge in [0.2, 0.25) is 0 Å². The number of thiophene rings is 1. The van der Waals surface area contributed by atoms with Crippen molar-refractivity contribution in [3.8, 4) is 0 Å². The number of carbonyl (C=O) groups is 1. The maximum absolute atomic E-state index is 12.2. The molecule has 0 bridgehead atoms. The number of carbonyl (C=O) groups excluding carboxylic acids is 1. The number of hydrogen-bond acceptors (Lipinski definition) is 5. The van der Waals surface area contributed by atoms with E-state index in [2.05, 4.69) is 9.46 Å². The fraction of sp³-hybridized carbons (Fsp3) is 0.154. The lowest BCUT2D eigenvalue weighted by molar-refractivity contribution is 0.0602. The first-order valence-corrected chi connectivity index (χ1v) is 8.05. The molecule has 0 fully saturated rings. The Bertz CT molecular complexity index is 721. The second-order valence-electron chi connectivity index (χ2n) is 4.08. The zero-order valence-corrected chi connectivity index (χ0v) is 12.5. The fourth-order valence-corrected chi connectivity index (χ4v) is 3.71. The lowest BCUT2D eigenvalue weighted by atomic mass is 10.1. The number of anilines is 1.